The van der Waals surface area contributed by atoms with Gasteiger partial charge in [0.25, 0.3) is 0 Å². The number of nitrogens with zero attached hydrogens (tertiary/aromatic N) is 5. The summed E-state index contributed by atoms with van der Waals surface area (Å²) in [5.74, 6) is 2.36. The molecule has 33 heavy (non-hydrogen) atoms. The number of nitrogens with one attached hydrogen (secondary N) is 1. The topological polar surface area (TPSA) is 107 Å². The summed E-state index contributed by atoms with van der Waals surface area (Å²) < 4.78 is 5.89. The van der Waals surface area contributed by atoms with E-state index in [-0.39, 0.29) is 5.92 Å². The van der Waals surface area contributed by atoms with Crippen molar-refractivity contribution in [1.29, 1.82) is 0 Å². The molecular formula is C23H34N6O4. The molecule has 0 saturated carbocycles. The van der Waals surface area contributed by atoms with E-state index in [2.05, 4.69) is 20.2 Å². The van der Waals surface area contributed by atoms with Crippen LogP contribution in [0.3, 0.4) is 0 Å². The first-order chi connectivity index (χ1) is 15.9. The lowest BCUT2D eigenvalue weighted by atomic mass is 9.97. The number of carbonyl (C=O) groups is 1. The molecule has 2 aromatic rings. The normalized spacial score (nSPS) is 14.8. The highest BCUT2D eigenvalue weighted by Gasteiger charge is 2.24. The van der Waals surface area contributed by atoms with Crippen LogP contribution in [0.15, 0.2) is 36.9 Å². The predicted molar refractivity (Wildman–Crippen MR) is 124 cm³/mol. The quantitative estimate of drug-likeness (QED) is 0.327. The lowest BCUT2D eigenvalue weighted by Gasteiger charge is -2.32. The Balaban J connectivity index is 1.40. The third kappa shape index (κ3) is 8.38. The lowest BCUT2D eigenvalue weighted by Crippen LogP contribution is -2.39. The predicted octanol–water partition coefficient (Wildman–Crippen LogP) is 2.64. The number of hydroxylamine groups is 2. The number of hydrogen-bond acceptors (Lipinski definition) is 9. The van der Waals surface area contributed by atoms with Gasteiger partial charge >= 0.3 is 6.16 Å². The van der Waals surface area contributed by atoms with E-state index in [0.29, 0.717) is 32.2 Å². The van der Waals surface area contributed by atoms with E-state index in [1.807, 2.05) is 33.0 Å². The van der Waals surface area contributed by atoms with Gasteiger partial charge in [-0.3, -0.25) is 0 Å². The minimum absolute atomic E-state index is 0.284. The standard InChI is InChI=1S/C23H34N6O4/c1-18(2)16-32-23(30)33-29-11-7-20(8-12-29)14-27(3)22-13-21(25-17-26-22)24-9-6-19-5-4-10-28(31)15-19/h4-5,10,13,15,17-18,20H,6-9,11-12,14,16H2,1-3H3,(H,24,25,26). The fourth-order valence-electron chi connectivity index (χ4n) is 3.67. The summed E-state index contributed by atoms with van der Waals surface area (Å²) in [5.41, 5.74) is 0.968. The fourth-order valence-corrected chi connectivity index (χ4v) is 3.67. The molecule has 1 N–H and O–H groups in total. The molecule has 0 atom stereocenters. The van der Waals surface area contributed by atoms with Crippen molar-refractivity contribution in [3.8, 4) is 0 Å². The van der Waals surface area contributed by atoms with Crippen LogP contribution in [0.2, 0.25) is 0 Å². The Morgan fingerprint density at radius 2 is 2.15 bits per heavy atom. The monoisotopic (exact) mass is 458 g/mol. The summed E-state index contributed by atoms with van der Waals surface area (Å²) in [6.45, 7) is 7.24. The van der Waals surface area contributed by atoms with E-state index in [1.54, 1.807) is 23.7 Å². The van der Waals surface area contributed by atoms with Gasteiger partial charge < -0.3 is 25.0 Å². The number of hydrogen-bond donors (Lipinski definition) is 1. The smallest absolute Gasteiger partial charge is 0.527 e. The van der Waals surface area contributed by atoms with Crippen molar-refractivity contribution in [3.63, 3.8) is 0 Å². The van der Waals surface area contributed by atoms with Gasteiger partial charge in [0.05, 0.1) is 6.61 Å². The third-order valence-electron chi connectivity index (χ3n) is 5.44. The molecule has 0 radical (unpaired) electrons. The summed E-state index contributed by atoms with van der Waals surface area (Å²) in [7, 11) is 2.02. The first-order valence-electron chi connectivity index (χ1n) is 11.4. The van der Waals surface area contributed by atoms with E-state index < -0.39 is 6.16 Å². The van der Waals surface area contributed by atoms with Gasteiger partial charge in [-0.05, 0) is 37.2 Å². The van der Waals surface area contributed by atoms with Crippen LogP contribution in [0.4, 0.5) is 16.4 Å². The first-order valence-corrected chi connectivity index (χ1v) is 11.4. The lowest BCUT2D eigenvalue weighted by molar-refractivity contribution is -0.605. The van der Waals surface area contributed by atoms with Crippen molar-refractivity contribution in [3.05, 3.63) is 47.7 Å². The Hall–Kier alpha value is -3.14. The van der Waals surface area contributed by atoms with E-state index in [0.717, 1.165) is 47.7 Å². The number of pyridine rings is 1. The number of piperidine rings is 1. The molecule has 180 valence electrons. The summed E-state index contributed by atoms with van der Waals surface area (Å²) in [5, 5.41) is 16.3. The second-order valence-corrected chi connectivity index (χ2v) is 8.81. The maximum atomic E-state index is 11.7. The van der Waals surface area contributed by atoms with Crippen LogP contribution in [0.5, 0.6) is 0 Å². The molecule has 3 rings (SSSR count). The summed E-state index contributed by atoms with van der Waals surface area (Å²) >= 11 is 0. The molecule has 0 bridgehead atoms. The minimum atomic E-state index is -0.625. The van der Waals surface area contributed by atoms with E-state index in [1.165, 1.54) is 6.20 Å². The zero-order valence-corrected chi connectivity index (χ0v) is 19.6. The second kappa shape index (κ2) is 12.2. The van der Waals surface area contributed by atoms with Gasteiger partial charge in [-0.15, -0.1) is 5.06 Å². The number of anilines is 2. The molecule has 1 aliphatic heterocycles. The summed E-state index contributed by atoms with van der Waals surface area (Å²) in [6, 6.07) is 5.61. The SMILES string of the molecule is CC(C)COC(=O)ON1CCC(CN(C)c2cc(NCCc3ccc[n+]([O-])c3)ncn2)CC1. The number of ether oxygens (including phenoxy) is 1. The maximum absolute atomic E-state index is 11.7. The molecule has 0 aromatic carbocycles. The molecule has 2 aromatic heterocycles. The third-order valence-corrected chi connectivity index (χ3v) is 5.44. The molecule has 1 fully saturated rings. The van der Waals surface area contributed by atoms with E-state index in [9.17, 15) is 10.0 Å². The van der Waals surface area contributed by atoms with Gasteiger partial charge in [-0.2, -0.15) is 4.73 Å². The van der Waals surface area contributed by atoms with Crippen LogP contribution in [0.1, 0.15) is 32.3 Å². The van der Waals surface area contributed by atoms with E-state index >= 15 is 0 Å². The Labute approximate surface area is 195 Å². The zero-order chi connectivity index (χ0) is 23.6. The molecular weight excluding hydrogens is 424 g/mol. The first kappa shape index (κ1) is 24.5. The van der Waals surface area contributed by atoms with Gasteiger partial charge in [-0.25, -0.2) is 14.8 Å². The molecule has 3 heterocycles. The van der Waals surface area contributed by atoms with Crippen molar-refractivity contribution in [2.45, 2.75) is 33.1 Å². The van der Waals surface area contributed by atoms with Gasteiger partial charge in [0, 0.05) is 50.9 Å². The molecule has 1 aliphatic rings. The van der Waals surface area contributed by atoms with Crippen LogP contribution >= 0.6 is 0 Å². The highest BCUT2D eigenvalue weighted by atomic mass is 16.8. The van der Waals surface area contributed by atoms with Gasteiger partial charge in [0.1, 0.15) is 18.0 Å². The second-order valence-electron chi connectivity index (χ2n) is 8.81. The highest BCUT2D eigenvalue weighted by molar-refractivity contribution is 5.59. The minimum Gasteiger partial charge on any atom is -0.619 e. The maximum Gasteiger partial charge on any atom is 0.527 e. The number of rotatable bonds is 10. The van der Waals surface area contributed by atoms with Crippen LogP contribution in [0, 0.1) is 17.0 Å². The molecule has 0 aliphatic carbocycles. The molecule has 1 saturated heterocycles. The average Bonchev–Trinajstić information content (AvgIpc) is 2.79. The van der Waals surface area contributed by atoms with Crippen molar-refractivity contribution in [2.75, 3.05) is 50.1 Å². The van der Waals surface area contributed by atoms with Crippen LogP contribution in [-0.4, -0.2) is 61.0 Å². The van der Waals surface area contributed by atoms with E-state index in [4.69, 9.17) is 9.57 Å². The Kier molecular flexibility index (Phi) is 9.05. The van der Waals surface area contributed by atoms with Crippen LogP contribution < -0.4 is 14.9 Å². The Morgan fingerprint density at radius 1 is 1.36 bits per heavy atom. The molecule has 0 spiro atoms. The van der Waals surface area contributed by atoms with Crippen LogP contribution in [-0.2, 0) is 16.0 Å². The summed E-state index contributed by atoms with van der Waals surface area (Å²) in [6.07, 6.45) is 6.56. The molecule has 0 amide bonds. The van der Waals surface area contributed by atoms with Crippen LogP contribution in [0.25, 0.3) is 0 Å². The van der Waals surface area contributed by atoms with Gasteiger partial charge in [-0.1, -0.05) is 13.8 Å². The van der Waals surface area contributed by atoms with Crippen molar-refractivity contribution >= 4 is 17.8 Å². The Bertz CT molecular complexity index is 889. The average molecular weight is 459 g/mol. The molecule has 0 unspecified atom stereocenters. The van der Waals surface area contributed by atoms with Crippen molar-refractivity contribution in [1.82, 2.24) is 15.0 Å². The van der Waals surface area contributed by atoms with Gasteiger partial charge in [0.2, 0.25) is 0 Å². The fraction of sp³-hybridized carbons (Fsp3) is 0.565. The number of carbonyl (C=O) groups excluding carboxylic acids is 1. The Morgan fingerprint density at radius 3 is 2.88 bits per heavy atom. The van der Waals surface area contributed by atoms with Gasteiger partial charge in [0.15, 0.2) is 12.4 Å². The molecule has 10 heteroatoms. The largest absolute Gasteiger partial charge is 0.619 e. The van der Waals surface area contributed by atoms with Crippen molar-refractivity contribution in [2.24, 2.45) is 11.8 Å². The molecule has 10 nitrogen and oxygen atoms in total. The van der Waals surface area contributed by atoms with Crippen molar-refractivity contribution < 1.29 is 19.1 Å². The summed E-state index contributed by atoms with van der Waals surface area (Å²) in [4.78, 5) is 27.8. The zero-order valence-electron chi connectivity index (χ0n) is 19.6. The number of aromatic nitrogens is 3. The highest BCUT2D eigenvalue weighted by Crippen LogP contribution is 2.21.